The maximum Gasteiger partial charge on any atom is 0.359 e. The van der Waals surface area contributed by atoms with Crippen LogP contribution in [0.5, 0.6) is 0 Å². The number of esters is 1. The van der Waals surface area contributed by atoms with Gasteiger partial charge >= 0.3 is 5.97 Å². The van der Waals surface area contributed by atoms with E-state index in [1.54, 1.807) is 29.3 Å². The first kappa shape index (κ1) is 13.7. The number of nitrogens with zero attached hydrogens (tertiary/aromatic N) is 3. The summed E-state index contributed by atoms with van der Waals surface area (Å²) in [5, 5.41) is 4.16. The van der Waals surface area contributed by atoms with Crippen LogP contribution in [0.4, 0.5) is 0 Å². The molecular weight excluding hydrogens is 310 g/mol. The quantitative estimate of drug-likeness (QED) is 0.812. The van der Waals surface area contributed by atoms with Crippen molar-refractivity contribution in [3.63, 3.8) is 0 Å². The molecular formula is C13H14BrN3O2. The molecule has 0 aliphatic rings. The molecule has 0 unspecified atom stereocenters. The van der Waals surface area contributed by atoms with Crippen molar-refractivity contribution in [1.29, 1.82) is 0 Å². The van der Waals surface area contributed by atoms with Crippen molar-refractivity contribution in [3.8, 4) is 0 Å². The van der Waals surface area contributed by atoms with Gasteiger partial charge in [0, 0.05) is 34.7 Å². The molecule has 6 heteroatoms. The molecule has 0 aliphatic carbocycles. The van der Waals surface area contributed by atoms with Crippen LogP contribution in [0.25, 0.3) is 0 Å². The Hall–Kier alpha value is -1.69. The molecule has 2 aromatic heterocycles. The number of aromatic nitrogens is 3. The highest BCUT2D eigenvalue weighted by Crippen LogP contribution is 2.11. The maximum atomic E-state index is 11.8. The summed E-state index contributed by atoms with van der Waals surface area (Å²) in [6.07, 6.45) is 5.10. The van der Waals surface area contributed by atoms with Crippen LogP contribution in [0.2, 0.25) is 0 Å². The third-order valence-corrected chi connectivity index (χ3v) is 2.91. The summed E-state index contributed by atoms with van der Waals surface area (Å²) in [5.74, 6) is -0.431. The second-order valence-electron chi connectivity index (χ2n) is 4.36. The summed E-state index contributed by atoms with van der Waals surface area (Å²) in [7, 11) is 0. The topological polar surface area (TPSA) is 57.0 Å². The number of halogens is 1. The SMILES string of the molecule is CC(C)n1ccc(C(=O)OCc2cncc(Br)c2)n1. The highest BCUT2D eigenvalue weighted by atomic mass is 79.9. The van der Waals surface area contributed by atoms with Gasteiger partial charge in [0.25, 0.3) is 0 Å². The standard InChI is InChI=1S/C13H14BrN3O2/c1-9(2)17-4-3-12(16-17)13(18)19-8-10-5-11(14)7-15-6-10/h3-7,9H,8H2,1-2H3. The first-order chi connectivity index (χ1) is 9.06. The second kappa shape index (κ2) is 5.97. The Morgan fingerprint density at radius 1 is 1.47 bits per heavy atom. The first-order valence-electron chi connectivity index (χ1n) is 5.88. The van der Waals surface area contributed by atoms with Crippen LogP contribution in [0.3, 0.4) is 0 Å². The predicted molar refractivity (Wildman–Crippen MR) is 73.7 cm³/mol. The molecule has 2 aromatic rings. The van der Waals surface area contributed by atoms with Crippen LogP contribution in [0.1, 0.15) is 35.9 Å². The predicted octanol–water partition coefficient (Wildman–Crippen LogP) is 2.98. The van der Waals surface area contributed by atoms with Crippen LogP contribution >= 0.6 is 15.9 Å². The highest BCUT2D eigenvalue weighted by molar-refractivity contribution is 9.10. The lowest BCUT2D eigenvalue weighted by molar-refractivity contribution is 0.0464. The van der Waals surface area contributed by atoms with Gasteiger partial charge in [-0.15, -0.1) is 0 Å². The molecule has 100 valence electrons. The smallest absolute Gasteiger partial charge is 0.359 e. The van der Waals surface area contributed by atoms with E-state index in [0.29, 0.717) is 5.69 Å². The minimum atomic E-state index is -0.431. The maximum absolute atomic E-state index is 11.8. The van der Waals surface area contributed by atoms with Gasteiger partial charge in [0.2, 0.25) is 0 Å². The van der Waals surface area contributed by atoms with Crippen molar-refractivity contribution in [1.82, 2.24) is 14.8 Å². The minimum Gasteiger partial charge on any atom is -0.456 e. The Morgan fingerprint density at radius 3 is 2.89 bits per heavy atom. The lowest BCUT2D eigenvalue weighted by Crippen LogP contribution is -2.08. The molecule has 19 heavy (non-hydrogen) atoms. The van der Waals surface area contributed by atoms with E-state index in [0.717, 1.165) is 10.0 Å². The number of carbonyl (C=O) groups is 1. The number of ether oxygens (including phenoxy) is 1. The van der Waals surface area contributed by atoms with E-state index < -0.39 is 5.97 Å². The van der Waals surface area contributed by atoms with Crippen molar-refractivity contribution in [2.45, 2.75) is 26.5 Å². The van der Waals surface area contributed by atoms with Gasteiger partial charge in [0.05, 0.1) is 0 Å². The fourth-order valence-corrected chi connectivity index (χ4v) is 1.90. The number of hydrogen-bond donors (Lipinski definition) is 0. The van der Waals surface area contributed by atoms with Crippen molar-refractivity contribution >= 4 is 21.9 Å². The Kier molecular flexibility index (Phi) is 4.31. The lowest BCUT2D eigenvalue weighted by atomic mass is 10.3. The van der Waals surface area contributed by atoms with Crippen LogP contribution in [0, 0.1) is 0 Å². The normalized spacial score (nSPS) is 10.7. The minimum absolute atomic E-state index is 0.180. The molecule has 0 fully saturated rings. The van der Waals surface area contributed by atoms with E-state index in [2.05, 4.69) is 26.0 Å². The van der Waals surface area contributed by atoms with E-state index in [1.165, 1.54) is 0 Å². The van der Waals surface area contributed by atoms with E-state index >= 15 is 0 Å². The third-order valence-electron chi connectivity index (χ3n) is 2.48. The highest BCUT2D eigenvalue weighted by Gasteiger charge is 2.12. The first-order valence-corrected chi connectivity index (χ1v) is 6.67. The van der Waals surface area contributed by atoms with Crippen molar-refractivity contribution < 1.29 is 9.53 Å². The lowest BCUT2D eigenvalue weighted by Gasteiger charge is -2.05. The summed E-state index contributed by atoms with van der Waals surface area (Å²) < 4.78 is 7.76. The fraction of sp³-hybridized carbons (Fsp3) is 0.308. The van der Waals surface area contributed by atoms with Crippen molar-refractivity contribution in [2.75, 3.05) is 0 Å². The van der Waals surface area contributed by atoms with Gasteiger partial charge < -0.3 is 4.74 Å². The van der Waals surface area contributed by atoms with E-state index in [9.17, 15) is 4.79 Å². The summed E-state index contributed by atoms with van der Waals surface area (Å²) in [5.41, 5.74) is 1.14. The van der Waals surface area contributed by atoms with Gasteiger partial charge in [-0.25, -0.2) is 4.79 Å². The summed E-state index contributed by atoms with van der Waals surface area (Å²) in [6.45, 7) is 4.17. The molecule has 0 atom stereocenters. The van der Waals surface area contributed by atoms with Gasteiger partial charge in [-0.2, -0.15) is 5.10 Å². The molecule has 0 N–H and O–H groups in total. The van der Waals surface area contributed by atoms with Crippen LogP contribution in [-0.4, -0.2) is 20.7 Å². The Bertz CT molecular complexity index is 581. The van der Waals surface area contributed by atoms with Gasteiger partial charge in [-0.3, -0.25) is 9.67 Å². The molecule has 2 heterocycles. The summed E-state index contributed by atoms with van der Waals surface area (Å²) >= 11 is 3.31. The summed E-state index contributed by atoms with van der Waals surface area (Å²) in [4.78, 5) is 15.8. The number of carbonyl (C=O) groups excluding carboxylic acids is 1. The third kappa shape index (κ3) is 3.64. The zero-order valence-corrected chi connectivity index (χ0v) is 12.3. The molecule has 0 bridgehead atoms. The Labute approximate surface area is 119 Å². The number of rotatable bonds is 4. The molecule has 0 saturated heterocycles. The zero-order valence-electron chi connectivity index (χ0n) is 10.7. The molecule has 0 saturated carbocycles. The molecule has 5 nitrogen and oxygen atoms in total. The second-order valence-corrected chi connectivity index (χ2v) is 5.28. The zero-order chi connectivity index (χ0) is 13.8. The summed E-state index contributed by atoms with van der Waals surface area (Å²) in [6, 6.07) is 3.73. The van der Waals surface area contributed by atoms with Crippen molar-refractivity contribution in [3.05, 3.63) is 46.5 Å². The molecule has 2 rings (SSSR count). The fourth-order valence-electron chi connectivity index (χ4n) is 1.49. The van der Waals surface area contributed by atoms with Crippen molar-refractivity contribution in [2.24, 2.45) is 0 Å². The van der Waals surface area contributed by atoms with E-state index in [4.69, 9.17) is 4.74 Å². The Balaban J connectivity index is 1.97. The van der Waals surface area contributed by atoms with Gasteiger partial charge in [-0.05, 0) is 41.9 Å². The van der Waals surface area contributed by atoms with Gasteiger partial charge in [0.15, 0.2) is 5.69 Å². The molecule has 0 spiro atoms. The van der Waals surface area contributed by atoms with Crippen LogP contribution in [0.15, 0.2) is 35.2 Å². The molecule has 0 amide bonds. The Morgan fingerprint density at radius 2 is 2.26 bits per heavy atom. The number of pyridine rings is 1. The molecule has 0 radical (unpaired) electrons. The van der Waals surface area contributed by atoms with E-state index in [-0.39, 0.29) is 12.6 Å². The largest absolute Gasteiger partial charge is 0.456 e. The van der Waals surface area contributed by atoms with Crippen LogP contribution in [-0.2, 0) is 11.3 Å². The van der Waals surface area contributed by atoms with Gasteiger partial charge in [-0.1, -0.05) is 0 Å². The molecule has 0 aromatic carbocycles. The van der Waals surface area contributed by atoms with E-state index in [1.807, 2.05) is 19.9 Å². The number of hydrogen-bond acceptors (Lipinski definition) is 4. The monoisotopic (exact) mass is 323 g/mol. The molecule has 0 aliphatic heterocycles. The van der Waals surface area contributed by atoms with Crippen LogP contribution < -0.4 is 0 Å². The van der Waals surface area contributed by atoms with Gasteiger partial charge in [0.1, 0.15) is 6.61 Å². The average Bonchev–Trinajstić information content (AvgIpc) is 2.86. The average molecular weight is 324 g/mol.